The van der Waals surface area contributed by atoms with Crippen LogP contribution >= 0.6 is 34.9 Å². The molecule has 0 saturated carbocycles. The molecule has 0 bridgehead atoms. The molecule has 0 radical (unpaired) electrons. The normalized spacial score (nSPS) is 14.8. The van der Waals surface area contributed by atoms with Crippen LogP contribution in [0.5, 0.6) is 0 Å². The van der Waals surface area contributed by atoms with Gasteiger partial charge in [0.1, 0.15) is 16.9 Å². The van der Waals surface area contributed by atoms with Gasteiger partial charge < -0.3 is 4.42 Å². The van der Waals surface area contributed by atoms with Gasteiger partial charge in [0.2, 0.25) is 0 Å². The molecule has 1 saturated heterocycles. The molecule has 4 aromatic rings. The van der Waals surface area contributed by atoms with Crippen molar-refractivity contribution in [1.82, 2.24) is 9.66 Å². The van der Waals surface area contributed by atoms with Crippen molar-refractivity contribution >= 4 is 51.0 Å². The number of aromatic nitrogens is 2. The van der Waals surface area contributed by atoms with Crippen LogP contribution in [0.3, 0.4) is 0 Å². The number of rotatable bonds is 4. The lowest BCUT2D eigenvalue weighted by atomic mass is 10.1. The van der Waals surface area contributed by atoms with Crippen molar-refractivity contribution < 1.29 is 9.21 Å². The summed E-state index contributed by atoms with van der Waals surface area (Å²) in [6.07, 6.45) is 4.14. The maximum absolute atomic E-state index is 13.0. The van der Waals surface area contributed by atoms with Crippen LogP contribution in [0.4, 0.5) is 0 Å². The van der Waals surface area contributed by atoms with Gasteiger partial charge in [-0.05, 0) is 47.8 Å². The topological polar surface area (TPSA) is 77.1 Å². The van der Waals surface area contributed by atoms with Crippen molar-refractivity contribution in [2.75, 3.05) is 16.9 Å². The third kappa shape index (κ3) is 3.68. The van der Waals surface area contributed by atoms with E-state index in [2.05, 4.69) is 10.4 Å². The second-order valence-corrected chi connectivity index (χ2v) is 10.3. The molecule has 6 nitrogen and oxygen atoms in total. The quantitative estimate of drug-likeness (QED) is 0.468. The Bertz CT molecular complexity index is 1240. The number of thioether (sulfide) groups is 2. The number of hydrogen-bond donors (Lipinski definition) is 1. The van der Waals surface area contributed by atoms with Crippen LogP contribution in [0, 0.1) is 0 Å². The summed E-state index contributed by atoms with van der Waals surface area (Å²) in [5.41, 5.74) is 4.68. The average molecular weight is 456 g/mol. The fourth-order valence-corrected chi connectivity index (χ4v) is 7.05. The van der Waals surface area contributed by atoms with Crippen LogP contribution in [0.2, 0.25) is 0 Å². The molecule has 30 heavy (non-hydrogen) atoms. The van der Waals surface area contributed by atoms with Gasteiger partial charge in [-0.3, -0.25) is 15.0 Å². The van der Waals surface area contributed by atoms with E-state index in [0.29, 0.717) is 31.7 Å². The van der Waals surface area contributed by atoms with Crippen LogP contribution in [-0.2, 0) is 0 Å². The van der Waals surface area contributed by atoms with E-state index >= 15 is 0 Å². The number of carbonyl (C=O) groups is 1. The highest BCUT2D eigenvalue weighted by Gasteiger charge is 2.18. The van der Waals surface area contributed by atoms with Gasteiger partial charge in [-0.15, -0.1) is 34.9 Å². The zero-order valence-electron chi connectivity index (χ0n) is 15.7. The van der Waals surface area contributed by atoms with E-state index in [1.54, 1.807) is 30.5 Å². The molecule has 1 aliphatic rings. The molecule has 1 aromatic carbocycles. The van der Waals surface area contributed by atoms with Gasteiger partial charge in [-0.2, -0.15) is 0 Å². The van der Waals surface area contributed by atoms with Crippen LogP contribution in [0.25, 0.3) is 21.5 Å². The zero-order valence-corrected chi connectivity index (χ0v) is 18.2. The Labute approximate surface area is 184 Å². The van der Waals surface area contributed by atoms with Crippen LogP contribution in [0.1, 0.15) is 26.9 Å². The summed E-state index contributed by atoms with van der Waals surface area (Å²) in [5, 5.41) is 2.27. The Kier molecular flexibility index (Phi) is 5.41. The van der Waals surface area contributed by atoms with Crippen molar-refractivity contribution in [2.24, 2.45) is 0 Å². The Balaban J connectivity index is 1.40. The van der Waals surface area contributed by atoms with Crippen molar-refractivity contribution in [3.05, 3.63) is 75.8 Å². The smallest absolute Gasteiger partial charge is 0.281 e. The average Bonchev–Trinajstić information content (AvgIpc) is 3.46. The summed E-state index contributed by atoms with van der Waals surface area (Å²) in [6.45, 7) is 0. The molecule has 1 N–H and O–H groups in total. The first-order valence-electron chi connectivity index (χ1n) is 9.38. The Morgan fingerprint density at radius 2 is 1.97 bits per heavy atom. The van der Waals surface area contributed by atoms with Gasteiger partial charge in [-0.1, -0.05) is 12.1 Å². The Morgan fingerprint density at radius 3 is 2.70 bits per heavy atom. The first kappa shape index (κ1) is 19.5. The lowest BCUT2D eigenvalue weighted by molar-refractivity contribution is 0.101. The molecule has 0 aliphatic carbocycles. The van der Waals surface area contributed by atoms with Gasteiger partial charge in [0, 0.05) is 16.5 Å². The van der Waals surface area contributed by atoms with Crippen LogP contribution in [0.15, 0.2) is 63.6 Å². The minimum atomic E-state index is -0.358. The Morgan fingerprint density at radius 1 is 1.17 bits per heavy atom. The highest BCUT2D eigenvalue weighted by Crippen LogP contribution is 2.43. The summed E-state index contributed by atoms with van der Waals surface area (Å²) >= 11 is 5.24. The summed E-state index contributed by atoms with van der Waals surface area (Å²) in [5.74, 6) is 2.57. The molecule has 3 aromatic heterocycles. The van der Waals surface area contributed by atoms with E-state index in [-0.39, 0.29) is 11.5 Å². The van der Waals surface area contributed by atoms with E-state index in [4.69, 9.17) is 4.42 Å². The monoisotopic (exact) mass is 455 g/mol. The minimum absolute atomic E-state index is 0.340. The predicted molar refractivity (Wildman–Crippen MR) is 124 cm³/mol. The van der Waals surface area contributed by atoms with E-state index in [1.807, 2.05) is 41.0 Å². The van der Waals surface area contributed by atoms with Crippen molar-refractivity contribution in [1.29, 1.82) is 0 Å². The highest BCUT2D eigenvalue weighted by molar-refractivity contribution is 8.16. The molecule has 1 amide bonds. The second-order valence-electron chi connectivity index (χ2n) is 6.72. The molecule has 9 heteroatoms. The molecular formula is C21H17N3O3S3. The van der Waals surface area contributed by atoms with Crippen molar-refractivity contribution in [3.8, 4) is 11.3 Å². The van der Waals surface area contributed by atoms with Gasteiger partial charge >= 0.3 is 0 Å². The second kappa shape index (κ2) is 8.33. The first-order chi connectivity index (χ1) is 14.7. The molecule has 1 aliphatic heterocycles. The molecule has 0 unspecified atom stereocenters. The van der Waals surface area contributed by atoms with Crippen LogP contribution in [-0.4, -0.2) is 27.1 Å². The fraction of sp³-hybridized carbons (Fsp3) is 0.190. The predicted octanol–water partition coefficient (Wildman–Crippen LogP) is 4.97. The molecule has 0 spiro atoms. The first-order valence-corrected chi connectivity index (χ1v) is 12.4. The van der Waals surface area contributed by atoms with Crippen molar-refractivity contribution in [3.63, 3.8) is 0 Å². The van der Waals surface area contributed by atoms with Gasteiger partial charge in [0.05, 0.1) is 16.2 Å². The largest absolute Gasteiger partial charge is 0.464 e. The number of fused-ring (bicyclic) bond motifs is 1. The van der Waals surface area contributed by atoms with E-state index < -0.39 is 0 Å². The number of carbonyl (C=O) groups excluding carboxylic acids is 1. The molecule has 1 fully saturated rings. The maximum Gasteiger partial charge on any atom is 0.281 e. The zero-order chi connectivity index (χ0) is 20.5. The number of hydrogen-bond acceptors (Lipinski definition) is 7. The fourth-order valence-electron chi connectivity index (χ4n) is 3.27. The minimum Gasteiger partial charge on any atom is -0.464 e. The molecular weight excluding hydrogens is 438 g/mol. The van der Waals surface area contributed by atoms with Crippen LogP contribution < -0.4 is 11.0 Å². The number of benzene rings is 1. The highest BCUT2D eigenvalue weighted by atomic mass is 32.2. The number of thiophene rings is 1. The maximum atomic E-state index is 13.0. The van der Waals surface area contributed by atoms with Gasteiger partial charge in [0.25, 0.3) is 11.5 Å². The number of nitrogens with one attached hydrogen (secondary N) is 1. The summed E-state index contributed by atoms with van der Waals surface area (Å²) in [7, 11) is 0. The Hall–Kier alpha value is -2.49. The SMILES string of the molecule is O=C(Nn1cnc2scc(-c3ccco3)c2c1=O)c1ccc(C2SCCCS2)cc1. The third-order valence-corrected chi connectivity index (χ3v) is 8.68. The number of amides is 1. The lowest BCUT2D eigenvalue weighted by Gasteiger charge is -2.21. The summed E-state index contributed by atoms with van der Waals surface area (Å²) in [4.78, 5) is 30.6. The van der Waals surface area contributed by atoms with Gasteiger partial charge in [0.15, 0.2) is 0 Å². The number of nitrogens with zero attached hydrogens (tertiary/aromatic N) is 2. The summed E-state index contributed by atoms with van der Waals surface area (Å²) < 4.78 is 6.98. The van der Waals surface area contributed by atoms with Gasteiger partial charge in [-0.25, -0.2) is 9.66 Å². The van der Waals surface area contributed by atoms with E-state index in [9.17, 15) is 9.59 Å². The molecule has 0 atom stereocenters. The lowest BCUT2D eigenvalue weighted by Crippen LogP contribution is -2.33. The number of furan rings is 1. The molecule has 4 heterocycles. The standard InChI is InChI=1S/C21H17N3O3S3/c25-18(13-4-6-14(7-5-13)21-28-9-2-10-29-21)23-24-12-22-19-17(20(24)26)15(11-30-19)16-3-1-8-27-16/h1,3-8,11-12,21H,2,9-10H2,(H,23,25). The molecule has 5 rings (SSSR count). The van der Waals surface area contributed by atoms with E-state index in [0.717, 1.165) is 4.68 Å². The third-order valence-electron chi connectivity index (χ3n) is 4.78. The van der Waals surface area contributed by atoms with E-state index in [1.165, 1.54) is 41.2 Å². The van der Waals surface area contributed by atoms with Crippen molar-refractivity contribution in [2.45, 2.75) is 11.0 Å². The summed E-state index contributed by atoms with van der Waals surface area (Å²) in [6, 6.07) is 11.1. The molecule has 152 valence electrons.